The highest BCUT2D eigenvalue weighted by Crippen LogP contribution is 2.46. The second kappa shape index (κ2) is 8.65. The number of carbonyl (C=O) groups excluding carboxylic acids is 1. The number of fused-ring (bicyclic) bond motifs is 1. The Hall–Kier alpha value is -3.33. The molecule has 6 rings (SSSR count). The van der Waals surface area contributed by atoms with Gasteiger partial charge in [0, 0.05) is 35.3 Å². The molecule has 3 N–H and O–H groups in total. The summed E-state index contributed by atoms with van der Waals surface area (Å²) < 4.78 is 0. The Kier molecular flexibility index (Phi) is 5.55. The van der Waals surface area contributed by atoms with E-state index in [0.717, 1.165) is 42.5 Å². The van der Waals surface area contributed by atoms with Gasteiger partial charge in [-0.05, 0) is 57.0 Å². The van der Waals surface area contributed by atoms with Crippen LogP contribution in [0.2, 0.25) is 0 Å². The summed E-state index contributed by atoms with van der Waals surface area (Å²) in [4.78, 5) is 25.6. The second-order valence-corrected chi connectivity index (χ2v) is 10.5. The van der Waals surface area contributed by atoms with Crippen LogP contribution in [0, 0.1) is 0 Å². The van der Waals surface area contributed by atoms with Crippen LogP contribution in [0.5, 0.6) is 0 Å². The fourth-order valence-electron chi connectivity index (χ4n) is 6.30. The number of hydrogen-bond acceptors (Lipinski definition) is 7. The zero-order valence-corrected chi connectivity index (χ0v) is 20.7. The van der Waals surface area contributed by atoms with E-state index in [0.29, 0.717) is 24.5 Å². The molecule has 36 heavy (non-hydrogen) atoms. The quantitative estimate of drug-likeness (QED) is 0.524. The van der Waals surface area contributed by atoms with Gasteiger partial charge < -0.3 is 15.3 Å². The zero-order chi connectivity index (χ0) is 24.9. The van der Waals surface area contributed by atoms with Gasteiger partial charge in [0.25, 0.3) is 5.91 Å². The topological polar surface area (TPSA) is 93.6 Å². The van der Waals surface area contributed by atoms with Gasteiger partial charge in [-0.2, -0.15) is 0 Å². The molecule has 1 atom stereocenters. The van der Waals surface area contributed by atoms with E-state index < -0.39 is 6.35 Å². The SMILES string of the molecule is CN(C)[C@]1(c2ccccc2)CC[C@]2(CC1)CN(c1cnc(-c3cccc4c3CNC4=O)nc1)C(O)N2. The Bertz CT molecular complexity index is 1270. The van der Waals surface area contributed by atoms with Gasteiger partial charge >= 0.3 is 0 Å². The summed E-state index contributed by atoms with van der Waals surface area (Å²) >= 11 is 0. The number of carbonyl (C=O) groups is 1. The Balaban J connectivity index is 1.20. The molecule has 3 heterocycles. The van der Waals surface area contributed by atoms with Crippen molar-refractivity contribution in [3.8, 4) is 11.4 Å². The molecule has 1 saturated carbocycles. The van der Waals surface area contributed by atoms with Gasteiger partial charge in [-0.1, -0.05) is 42.5 Å². The first kappa shape index (κ1) is 23.1. The van der Waals surface area contributed by atoms with E-state index in [-0.39, 0.29) is 17.0 Å². The average molecular weight is 485 g/mol. The van der Waals surface area contributed by atoms with E-state index in [4.69, 9.17) is 0 Å². The van der Waals surface area contributed by atoms with E-state index in [1.54, 1.807) is 12.4 Å². The second-order valence-electron chi connectivity index (χ2n) is 10.5. The number of anilines is 1. The molecule has 1 saturated heterocycles. The number of nitrogens with one attached hydrogen (secondary N) is 2. The Morgan fingerprint density at radius 2 is 1.67 bits per heavy atom. The third-order valence-electron chi connectivity index (χ3n) is 8.46. The number of aromatic nitrogens is 2. The first-order valence-electron chi connectivity index (χ1n) is 12.6. The summed E-state index contributed by atoms with van der Waals surface area (Å²) in [6.45, 7) is 1.19. The van der Waals surface area contributed by atoms with Crippen molar-refractivity contribution in [2.24, 2.45) is 0 Å². The van der Waals surface area contributed by atoms with E-state index in [1.165, 1.54) is 5.56 Å². The number of amides is 1. The van der Waals surface area contributed by atoms with Crippen LogP contribution in [0.15, 0.2) is 60.9 Å². The van der Waals surface area contributed by atoms with Crippen LogP contribution in [0.3, 0.4) is 0 Å². The van der Waals surface area contributed by atoms with Crippen molar-refractivity contribution in [1.82, 2.24) is 25.5 Å². The molecule has 1 unspecified atom stereocenters. The molecule has 186 valence electrons. The molecular formula is C28H32N6O2. The molecule has 0 bridgehead atoms. The normalized spacial score (nSPS) is 27.5. The highest BCUT2D eigenvalue weighted by atomic mass is 16.3. The minimum atomic E-state index is -0.786. The van der Waals surface area contributed by atoms with Crippen molar-refractivity contribution >= 4 is 11.6 Å². The van der Waals surface area contributed by atoms with E-state index in [1.807, 2.05) is 23.1 Å². The third-order valence-corrected chi connectivity index (χ3v) is 8.46. The van der Waals surface area contributed by atoms with Crippen molar-refractivity contribution < 1.29 is 9.90 Å². The van der Waals surface area contributed by atoms with Gasteiger partial charge in [-0.25, -0.2) is 9.97 Å². The average Bonchev–Trinajstić information content (AvgIpc) is 3.44. The first-order valence-corrected chi connectivity index (χ1v) is 12.6. The lowest BCUT2D eigenvalue weighted by molar-refractivity contribution is 0.0513. The van der Waals surface area contributed by atoms with Gasteiger partial charge in [0.15, 0.2) is 12.2 Å². The molecule has 0 radical (unpaired) electrons. The smallest absolute Gasteiger partial charge is 0.251 e. The van der Waals surface area contributed by atoms with Gasteiger partial charge in [0.2, 0.25) is 0 Å². The van der Waals surface area contributed by atoms with Crippen LogP contribution in [0.25, 0.3) is 11.4 Å². The fourth-order valence-corrected chi connectivity index (χ4v) is 6.30. The predicted octanol–water partition coefficient (Wildman–Crippen LogP) is 2.84. The van der Waals surface area contributed by atoms with Crippen molar-refractivity contribution in [2.75, 3.05) is 25.5 Å². The summed E-state index contributed by atoms with van der Waals surface area (Å²) in [7, 11) is 4.34. The largest absolute Gasteiger partial charge is 0.361 e. The number of aliphatic hydroxyl groups is 1. The van der Waals surface area contributed by atoms with Crippen LogP contribution in [-0.4, -0.2) is 58.4 Å². The maximum Gasteiger partial charge on any atom is 0.251 e. The monoisotopic (exact) mass is 484 g/mol. The van der Waals surface area contributed by atoms with Gasteiger partial charge in [-0.15, -0.1) is 0 Å². The summed E-state index contributed by atoms with van der Waals surface area (Å²) in [5.41, 5.74) is 4.47. The molecule has 8 nitrogen and oxygen atoms in total. The summed E-state index contributed by atoms with van der Waals surface area (Å²) in [6, 6.07) is 16.4. The Labute approximate surface area is 211 Å². The van der Waals surface area contributed by atoms with Crippen LogP contribution in [0.4, 0.5) is 5.69 Å². The lowest BCUT2D eigenvalue weighted by Crippen LogP contribution is -2.54. The van der Waals surface area contributed by atoms with Gasteiger partial charge in [0.05, 0.1) is 18.1 Å². The molecule has 8 heteroatoms. The van der Waals surface area contributed by atoms with Crippen LogP contribution >= 0.6 is 0 Å². The van der Waals surface area contributed by atoms with E-state index in [2.05, 4.69) is 69.9 Å². The fraction of sp³-hybridized carbons (Fsp3) is 0.393. The molecule has 1 amide bonds. The molecule has 2 aliphatic heterocycles. The van der Waals surface area contributed by atoms with Crippen molar-refractivity contribution in [3.63, 3.8) is 0 Å². The molecule has 2 aromatic carbocycles. The highest BCUT2D eigenvalue weighted by molar-refractivity contribution is 6.00. The number of aliphatic hydroxyl groups excluding tert-OH is 1. The molecule has 3 aliphatic rings. The molecule has 1 aromatic heterocycles. The standard InChI is InChI=1S/C28H32N6O2/c1-33(2)28(19-7-4-3-5-8-19)13-11-27(12-14-28)18-34(26(36)32-27)20-15-29-24(30-16-20)21-9-6-10-22-23(21)17-31-25(22)35/h3-10,15-16,26,32,36H,11-14,17-18H2,1-2H3,(H,31,35)/t26?,27-,28+. The first-order chi connectivity index (χ1) is 17.4. The Morgan fingerprint density at radius 1 is 0.972 bits per heavy atom. The van der Waals surface area contributed by atoms with Crippen LogP contribution < -0.4 is 15.5 Å². The molecule has 1 aliphatic carbocycles. The molecule has 3 aromatic rings. The minimum absolute atomic E-state index is 0.00348. The summed E-state index contributed by atoms with van der Waals surface area (Å²) in [5.74, 6) is 0.526. The van der Waals surface area contributed by atoms with Crippen LogP contribution in [0.1, 0.15) is 47.2 Å². The van der Waals surface area contributed by atoms with Gasteiger partial charge in [0.1, 0.15) is 0 Å². The minimum Gasteiger partial charge on any atom is -0.361 e. The van der Waals surface area contributed by atoms with Crippen molar-refractivity contribution in [1.29, 1.82) is 0 Å². The number of nitrogens with zero attached hydrogens (tertiary/aromatic N) is 4. The number of benzene rings is 2. The van der Waals surface area contributed by atoms with E-state index in [9.17, 15) is 9.90 Å². The molecular weight excluding hydrogens is 452 g/mol. The number of hydrogen-bond donors (Lipinski definition) is 3. The lowest BCUT2D eigenvalue weighted by atomic mass is 9.69. The van der Waals surface area contributed by atoms with Crippen molar-refractivity contribution in [3.05, 3.63) is 77.6 Å². The molecule has 2 fully saturated rings. The Morgan fingerprint density at radius 3 is 2.36 bits per heavy atom. The maximum atomic E-state index is 12.0. The molecule has 1 spiro atoms. The maximum absolute atomic E-state index is 12.0. The third kappa shape index (κ3) is 3.68. The van der Waals surface area contributed by atoms with Crippen molar-refractivity contribution in [2.45, 2.75) is 49.7 Å². The van der Waals surface area contributed by atoms with Crippen LogP contribution in [-0.2, 0) is 12.1 Å². The number of rotatable bonds is 4. The lowest BCUT2D eigenvalue weighted by Gasteiger charge is -2.49. The van der Waals surface area contributed by atoms with E-state index >= 15 is 0 Å². The van der Waals surface area contributed by atoms with Gasteiger partial charge in [-0.3, -0.25) is 15.0 Å². The predicted molar refractivity (Wildman–Crippen MR) is 138 cm³/mol. The summed E-state index contributed by atoms with van der Waals surface area (Å²) in [5, 5.41) is 17.3. The summed E-state index contributed by atoms with van der Waals surface area (Å²) in [6.07, 6.45) is 6.70. The zero-order valence-electron chi connectivity index (χ0n) is 20.7. The highest BCUT2D eigenvalue weighted by Gasteiger charge is 2.50.